The van der Waals surface area contributed by atoms with Crippen LogP contribution in [0.25, 0.3) is 11.2 Å². The fourth-order valence-corrected chi connectivity index (χ4v) is 14.7. The Morgan fingerprint density at radius 3 is 2.16 bits per heavy atom. The number of ether oxygens (including phenoxy) is 1. The van der Waals surface area contributed by atoms with E-state index in [1.54, 1.807) is 12.1 Å². The highest BCUT2D eigenvalue weighted by atomic mass is 32.2. The van der Waals surface area contributed by atoms with Crippen molar-refractivity contribution in [3.05, 3.63) is 84.1 Å². The lowest BCUT2D eigenvalue weighted by Gasteiger charge is -2.27. The number of nitrogen functional groups attached to an aromatic ring is 1. The Bertz CT molecular complexity index is 3470. The molecule has 7 atom stereocenters. The number of imidazole rings is 1. The average Bonchev–Trinajstić information content (AvgIpc) is 4.24. The number of hydrogen-bond acceptors (Lipinski definition) is 19. The molecule has 440 valence electrons. The summed E-state index contributed by atoms with van der Waals surface area (Å²) in [6.07, 6.45) is 6.10. The number of carbonyl (C=O) groups is 1. The van der Waals surface area contributed by atoms with Gasteiger partial charge >= 0.3 is 23.4 Å². The molecular weight excluding hydrogens is 1150 g/mol. The van der Waals surface area contributed by atoms with E-state index in [2.05, 4.69) is 48.0 Å². The van der Waals surface area contributed by atoms with Gasteiger partial charge in [-0.25, -0.2) is 33.7 Å². The topological polar surface area (TPSA) is 415 Å². The van der Waals surface area contributed by atoms with Gasteiger partial charge in [0.1, 0.15) is 36.7 Å². The Morgan fingerprint density at radius 2 is 1.49 bits per heavy atom. The molecule has 3 aliphatic heterocycles. The Labute approximate surface area is 462 Å². The Morgan fingerprint density at radius 1 is 0.838 bits per heavy atom. The van der Waals surface area contributed by atoms with Crippen LogP contribution in [0.4, 0.5) is 17.2 Å². The van der Waals surface area contributed by atoms with Gasteiger partial charge in [0, 0.05) is 60.6 Å². The highest BCUT2D eigenvalue weighted by molar-refractivity contribution is 7.86. The van der Waals surface area contributed by atoms with Crippen LogP contribution in [0.5, 0.6) is 0 Å². The molecule has 3 aliphatic rings. The molecule has 0 aliphatic carbocycles. The van der Waals surface area contributed by atoms with Crippen molar-refractivity contribution in [1.29, 1.82) is 0 Å². The summed E-state index contributed by atoms with van der Waals surface area (Å²) in [5.41, 5.74) is 9.51. The lowest BCUT2D eigenvalue weighted by Crippen LogP contribution is -2.33. The number of anilines is 2. The summed E-state index contributed by atoms with van der Waals surface area (Å²) in [7, 11) is -25.3. The number of rotatable bonds is 27. The molecule has 11 N–H and O–H groups in total. The molecule has 80 heavy (non-hydrogen) atoms. The zero-order valence-corrected chi connectivity index (χ0v) is 48.6. The number of amides is 1. The lowest BCUT2D eigenvalue weighted by atomic mass is 9.81. The van der Waals surface area contributed by atoms with Gasteiger partial charge in [-0.1, -0.05) is 39.2 Å². The van der Waals surface area contributed by atoms with Crippen LogP contribution < -0.4 is 21.0 Å². The summed E-state index contributed by atoms with van der Waals surface area (Å²) < 4.78 is 128. The molecule has 7 rings (SSSR count). The molecule has 2 aromatic carbocycles. The van der Waals surface area contributed by atoms with Gasteiger partial charge in [0.25, 0.3) is 20.2 Å². The molecule has 0 bridgehead atoms. The van der Waals surface area contributed by atoms with Gasteiger partial charge in [0.2, 0.25) is 11.6 Å². The molecule has 33 heteroatoms. The number of benzene rings is 2. The molecule has 0 spiro atoms. The number of fused-ring (bicyclic) bond motifs is 3. The molecule has 1 fully saturated rings. The quantitative estimate of drug-likeness (QED) is 0.0162. The monoisotopic (exact) mass is 1220 g/mol. The lowest BCUT2D eigenvalue weighted by molar-refractivity contribution is -0.433. The van der Waals surface area contributed by atoms with Crippen molar-refractivity contribution >= 4 is 83.6 Å². The van der Waals surface area contributed by atoms with E-state index in [1.807, 2.05) is 52.8 Å². The van der Waals surface area contributed by atoms with Crippen LogP contribution in [0.3, 0.4) is 0 Å². The summed E-state index contributed by atoms with van der Waals surface area (Å²) in [5.74, 6) is -0.128. The predicted octanol–water partition coefficient (Wildman–Crippen LogP) is 5.03. The normalized spacial score (nSPS) is 22.6. The van der Waals surface area contributed by atoms with Gasteiger partial charge in [-0.15, -0.1) is 0 Å². The maximum Gasteiger partial charge on any atom is 0.489 e. The van der Waals surface area contributed by atoms with E-state index < -0.39 is 85.6 Å². The number of aromatic nitrogens is 4. The van der Waals surface area contributed by atoms with E-state index >= 15 is 0 Å². The molecule has 1 saturated heterocycles. The van der Waals surface area contributed by atoms with Crippen molar-refractivity contribution in [3.63, 3.8) is 0 Å². The van der Waals surface area contributed by atoms with E-state index in [0.29, 0.717) is 63.7 Å². The maximum atomic E-state index is 12.7. The number of phosphoric ester groups is 1. The van der Waals surface area contributed by atoms with Crippen LogP contribution in [-0.2, 0) is 67.4 Å². The standard InChI is InChI=1S/C47H66N9O19P3S2/c1-6-54-34-20-18-30(79(66,67)68)25-32(34)46(2,3)37(54)15-14-16-38-47(4,5)33-26-31(80(69,70)71)19-21-35(33)55(38)24-13-9-10-17-39(57)49-22-11-7-8-12-23-53-76(60,61)74-78(64,65)75-77(62,63)72-27-36-41(58)42(59)45(73-36)56-29-52-40-43(48)50-28-51-44(40)56/h14-16,18-21,25-26,28-29,36,41-42,45,58-59H,6-13,17,22-24,27H2,1-5H3,(H8-,48,49,50,51,53,57,60,61,62,63,64,65,66,67,68,69,70,71)/p+1/t36-,41-,42-,45-/m1/s1. The molecule has 0 radical (unpaired) electrons. The van der Waals surface area contributed by atoms with E-state index in [0.717, 1.165) is 34.7 Å². The summed E-state index contributed by atoms with van der Waals surface area (Å²) in [6.45, 7) is 10.1. The van der Waals surface area contributed by atoms with E-state index in [9.17, 15) is 69.3 Å². The van der Waals surface area contributed by atoms with Crippen molar-refractivity contribution in [2.24, 2.45) is 0 Å². The smallest absolute Gasteiger partial charge is 0.387 e. The minimum atomic E-state index is -5.75. The molecule has 28 nitrogen and oxygen atoms in total. The number of allylic oxidation sites excluding steroid dienone is 4. The fraction of sp³-hybridized carbons (Fsp3) is 0.511. The van der Waals surface area contributed by atoms with Gasteiger partial charge < -0.3 is 45.6 Å². The Balaban J connectivity index is 0.815. The molecule has 3 unspecified atom stereocenters. The van der Waals surface area contributed by atoms with E-state index in [1.165, 1.54) is 35.2 Å². The summed E-state index contributed by atoms with van der Waals surface area (Å²) >= 11 is 0. The third kappa shape index (κ3) is 14.6. The number of nitrogens with zero attached hydrogens (tertiary/aromatic N) is 6. The van der Waals surface area contributed by atoms with E-state index in [-0.39, 0.29) is 52.1 Å². The first kappa shape index (κ1) is 62.9. The number of carbonyl (C=O) groups excluding carboxylic acids is 1. The number of nitrogens with one attached hydrogen (secondary N) is 2. The van der Waals surface area contributed by atoms with Gasteiger partial charge in [-0.05, 0) is 88.4 Å². The number of aliphatic hydroxyl groups is 2. The maximum absolute atomic E-state index is 12.7. The number of aliphatic hydroxyl groups excluding tert-OH is 2. The average molecular weight is 1220 g/mol. The van der Waals surface area contributed by atoms with Gasteiger partial charge in [-0.3, -0.25) is 23.0 Å². The van der Waals surface area contributed by atoms with Crippen molar-refractivity contribution in [2.75, 3.05) is 43.4 Å². The minimum absolute atomic E-state index is 0.0271. The molecule has 0 saturated carbocycles. The number of phosphoric acid groups is 2. The van der Waals surface area contributed by atoms with Crippen LogP contribution in [0.15, 0.2) is 82.8 Å². The molecule has 5 heterocycles. The van der Waals surface area contributed by atoms with Gasteiger partial charge in [-0.2, -0.15) is 30.0 Å². The van der Waals surface area contributed by atoms with Crippen molar-refractivity contribution in [3.8, 4) is 0 Å². The van der Waals surface area contributed by atoms with E-state index in [4.69, 9.17) is 10.5 Å². The highest BCUT2D eigenvalue weighted by Gasteiger charge is 2.48. The fourth-order valence-electron chi connectivity index (χ4n) is 9.97. The second kappa shape index (κ2) is 24.6. The van der Waals surface area contributed by atoms with Crippen LogP contribution >= 0.6 is 23.4 Å². The molecular formula is C47H67N9O19P3S2+. The Kier molecular flexibility index (Phi) is 19.4. The second-order valence-electron chi connectivity index (χ2n) is 20.3. The number of unbranched alkanes of at least 4 members (excludes halogenated alkanes) is 5. The number of hydrogen-bond donors (Lipinski definition) is 10. The van der Waals surface area contributed by atoms with Gasteiger partial charge in [0.05, 0.1) is 28.1 Å². The number of nitrogens with two attached hydrogens (primary N) is 1. The highest BCUT2D eigenvalue weighted by Crippen LogP contribution is 2.66. The zero-order valence-electron chi connectivity index (χ0n) is 44.3. The summed E-state index contributed by atoms with van der Waals surface area (Å²) in [5, 5.41) is 26.0. The van der Waals surface area contributed by atoms with Crippen LogP contribution in [-0.4, -0.2) is 138 Å². The molecule has 2 aromatic heterocycles. The summed E-state index contributed by atoms with van der Waals surface area (Å²) in [4.78, 5) is 56.5. The minimum Gasteiger partial charge on any atom is -0.387 e. The Hall–Kier alpha value is -4.68. The second-order valence-corrected chi connectivity index (χ2v) is 27.9. The van der Waals surface area contributed by atoms with Crippen molar-refractivity contribution in [1.82, 2.24) is 29.9 Å². The first-order valence-electron chi connectivity index (χ1n) is 25.4. The van der Waals surface area contributed by atoms with Gasteiger partial charge in [0.15, 0.2) is 23.4 Å². The summed E-state index contributed by atoms with van der Waals surface area (Å²) in [6, 6.07) is 9.05. The molecule has 4 aromatic rings. The predicted molar refractivity (Wildman–Crippen MR) is 290 cm³/mol. The third-order valence-corrected chi connectivity index (χ3v) is 20.1. The van der Waals surface area contributed by atoms with Crippen LogP contribution in [0.1, 0.15) is 103 Å². The molecule has 1 amide bonds. The van der Waals surface area contributed by atoms with Crippen LogP contribution in [0, 0.1) is 0 Å². The van der Waals surface area contributed by atoms with Crippen LogP contribution in [0.2, 0.25) is 0 Å². The largest absolute Gasteiger partial charge is 0.489 e. The third-order valence-electron chi connectivity index (χ3n) is 14.0. The first-order chi connectivity index (χ1) is 37.3. The SMILES string of the molecule is CC[N+]1=C(/C=C/C=C2/N(CCCCCC(=O)NCCCCCCNP(=O)(O)OP(=O)(O)OP(=O)(O)OC[C@H]3O[C@@H](n4cnc5c(N)ncnc54)[C@H](O)[C@@H]3O)c3ccc(S(=O)(=O)O)cc3C2(C)C)C(C)(C)c2cc(S(=O)(=O)O)ccc21. The van der Waals surface area contributed by atoms with Crippen molar-refractivity contribution in [2.45, 2.75) is 131 Å². The van der Waals surface area contributed by atoms with Crippen molar-refractivity contribution < 1.29 is 91.8 Å². The zero-order chi connectivity index (χ0) is 58.8. The first-order valence-corrected chi connectivity index (χ1v) is 32.8.